The highest BCUT2D eigenvalue weighted by Crippen LogP contribution is 2.54. The summed E-state index contributed by atoms with van der Waals surface area (Å²) in [6, 6.07) is 4.35. The molecule has 3 heteroatoms. The first kappa shape index (κ1) is 19.7. The van der Waals surface area contributed by atoms with E-state index in [4.69, 9.17) is 4.98 Å². The Morgan fingerprint density at radius 1 is 1.18 bits per heavy atom. The van der Waals surface area contributed by atoms with Crippen LogP contribution in [0.25, 0.3) is 5.57 Å². The van der Waals surface area contributed by atoms with Crippen molar-refractivity contribution in [2.75, 3.05) is 11.4 Å². The zero-order valence-corrected chi connectivity index (χ0v) is 19.2. The van der Waals surface area contributed by atoms with Gasteiger partial charge in [0.05, 0.1) is 0 Å². The third-order valence-electron chi connectivity index (χ3n) is 6.69. The molecule has 0 aliphatic heterocycles. The van der Waals surface area contributed by atoms with Gasteiger partial charge in [0, 0.05) is 17.6 Å². The number of hydrogen-bond donors (Lipinski definition) is 0. The molecule has 4 rings (SSSR count). The zero-order chi connectivity index (χ0) is 20.3. The van der Waals surface area contributed by atoms with Crippen molar-refractivity contribution in [2.24, 2.45) is 5.92 Å². The Morgan fingerprint density at radius 3 is 2.39 bits per heavy atom. The van der Waals surface area contributed by atoms with Gasteiger partial charge in [-0.25, -0.2) is 4.98 Å². The van der Waals surface area contributed by atoms with E-state index in [1.807, 2.05) is 24.5 Å². The summed E-state index contributed by atoms with van der Waals surface area (Å²) in [5, 5.41) is 1.41. The Labute approximate surface area is 174 Å². The van der Waals surface area contributed by atoms with Crippen LogP contribution in [0.2, 0.25) is 0 Å². The van der Waals surface area contributed by atoms with Crippen LogP contribution >= 0.6 is 11.3 Å². The van der Waals surface area contributed by atoms with Crippen LogP contribution in [0.15, 0.2) is 24.9 Å². The second kappa shape index (κ2) is 6.73. The lowest BCUT2D eigenvalue weighted by Gasteiger charge is -2.39. The van der Waals surface area contributed by atoms with Gasteiger partial charge in [0.2, 0.25) is 0 Å². The second-order valence-electron chi connectivity index (χ2n) is 10.2. The summed E-state index contributed by atoms with van der Waals surface area (Å²) in [7, 11) is 0. The molecule has 0 N–H and O–H groups in total. The maximum atomic E-state index is 4.85. The van der Waals surface area contributed by atoms with E-state index in [9.17, 15) is 0 Å². The highest BCUT2D eigenvalue weighted by Gasteiger charge is 2.42. The lowest BCUT2D eigenvalue weighted by atomic mass is 9.66. The molecule has 0 atom stereocenters. The average Bonchev–Trinajstić information content (AvgIpc) is 3.38. The Balaban J connectivity index is 1.81. The molecule has 1 fully saturated rings. The van der Waals surface area contributed by atoms with Crippen LogP contribution in [0.5, 0.6) is 0 Å². The lowest BCUT2D eigenvalue weighted by molar-refractivity contribution is 0.337. The number of allylic oxidation sites excluding steroid dienone is 1. The molecular weight excluding hydrogens is 360 g/mol. The summed E-state index contributed by atoms with van der Waals surface area (Å²) < 4.78 is 0. The van der Waals surface area contributed by atoms with Crippen molar-refractivity contribution < 1.29 is 0 Å². The maximum absolute atomic E-state index is 4.85. The number of thiophene rings is 1. The van der Waals surface area contributed by atoms with Gasteiger partial charge >= 0.3 is 0 Å². The largest absolute Gasteiger partial charge is 0.317 e. The van der Waals surface area contributed by atoms with E-state index in [0.29, 0.717) is 0 Å². The number of aromatic nitrogens is 1. The van der Waals surface area contributed by atoms with E-state index >= 15 is 0 Å². The van der Waals surface area contributed by atoms with Gasteiger partial charge in [-0.1, -0.05) is 34.3 Å². The van der Waals surface area contributed by atoms with E-state index in [-0.39, 0.29) is 10.8 Å². The first-order valence-electron chi connectivity index (χ1n) is 10.6. The van der Waals surface area contributed by atoms with Gasteiger partial charge in [-0.05, 0) is 90.7 Å². The molecule has 0 bridgehead atoms. The van der Waals surface area contributed by atoms with Crippen LogP contribution in [-0.4, -0.2) is 11.5 Å². The molecule has 2 nitrogen and oxygen atoms in total. The van der Waals surface area contributed by atoms with Crippen LogP contribution in [0.3, 0.4) is 0 Å². The van der Waals surface area contributed by atoms with Gasteiger partial charge in [-0.2, -0.15) is 0 Å². The van der Waals surface area contributed by atoms with Gasteiger partial charge in [0.1, 0.15) is 10.8 Å². The summed E-state index contributed by atoms with van der Waals surface area (Å²) in [5.41, 5.74) is 5.79. The Kier molecular flexibility index (Phi) is 4.73. The Hall–Kier alpha value is -1.61. The molecule has 0 aromatic carbocycles. The summed E-state index contributed by atoms with van der Waals surface area (Å²) in [4.78, 5) is 8.95. The van der Waals surface area contributed by atoms with Gasteiger partial charge in [0.15, 0.2) is 0 Å². The third kappa shape index (κ3) is 3.43. The Morgan fingerprint density at radius 2 is 1.86 bits per heavy atom. The van der Waals surface area contributed by atoms with E-state index in [2.05, 4.69) is 58.2 Å². The van der Waals surface area contributed by atoms with Crippen molar-refractivity contribution in [3.63, 3.8) is 0 Å². The fourth-order valence-electron chi connectivity index (χ4n) is 4.55. The maximum Gasteiger partial charge on any atom is 0.133 e. The van der Waals surface area contributed by atoms with Crippen molar-refractivity contribution in [3.8, 4) is 0 Å². The molecule has 0 unspecified atom stereocenters. The monoisotopic (exact) mass is 394 g/mol. The molecule has 150 valence electrons. The molecule has 0 radical (unpaired) electrons. The first-order chi connectivity index (χ1) is 13.1. The number of rotatable bonds is 5. The lowest BCUT2D eigenvalue weighted by Crippen LogP contribution is -2.32. The third-order valence-corrected chi connectivity index (χ3v) is 8.37. The standard InChI is InChI=1S/C25H34N2S/c1-16(2)19-10-11-20(26-14-19)27(15-18-8-9-18)23-17(3)21-22(28-23)25(6,7)13-12-24(21,4)5/h10-11,14,18H,1,8-9,12-13,15H2,2-7H3. The number of fused-ring (bicyclic) bond motifs is 1. The quantitative estimate of drug-likeness (QED) is 0.526. The van der Waals surface area contributed by atoms with Crippen molar-refractivity contribution in [2.45, 2.75) is 78.1 Å². The smallest absolute Gasteiger partial charge is 0.133 e. The topological polar surface area (TPSA) is 16.1 Å². The average molecular weight is 395 g/mol. The SMILES string of the molecule is C=C(C)c1ccc(N(CC2CC2)c2sc3c(c2C)C(C)(C)CCC3(C)C)nc1. The fraction of sp³-hybridized carbons (Fsp3) is 0.560. The molecule has 28 heavy (non-hydrogen) atoms. The van der Waals surface area contributed by atoms with Crippen LogP contribution < -0.4 is 4.90 Å². The summed E-state index contributed by atoms with van der Waals surface area (Å²) in [6.45, 7) is 19.2. The molecular formula is C25H34N2S. The van der Waals surface area contributed by atoms with Crippen LogP contribution in [0.4, 0.5) is 10.8 Å². The minimum absolute atomic E-state index is 0.256. The summed E-state index contributed by atoms with van der Waals surface area (Å²) >= 11 is 2.02. The predicted octanol–water partition coefficient (Wildman–Crippen LogP) is 7.38. The molecule has 0 amide bonds. The van der Waals surface area contributed by atoms with Gasteiger partial charge in [-0.15, -0.1) is 11.3 Å². The van der Waals surface area contributed by atoms with Gasteiger partial charge < -0.3 is 4.90 Å². The summed E-state index contributed by atoms with van der Waals surface area (Å²) in [5.74, 6) is 1.89. The molecule has 1 saturated carbocycles. The minimum Gasteiger partial charge on any atom is -0.317 e. The van der Waals surface area contributed by atoms with Crippen molar-refractivity contribution >= 4 is 27.7 Å². The molecule has 2 aliphatic rings. The van der Waals surface area contributed by atoms with Gasteiger partial charge in [0.25, 0.3) is 0 Å². The molecule has 2 aliphatic carbocycles. The number of anilines is 2. The fourth-order valence-corrected chi connectivity index (χ4v) is 6.19. The number of pyridine rings is 1. The van der Waals surface area contributed by atoms with Crippen molar-refractivity contribution in [1.29, 1.82) is 0 Å². The molecule has 2 aromatic heterocycles. The van der Waals surface area contributed by atoms with Crippen molar-refractivity contribution in [3.05, 3.63) is 46.5 Å². The molecule has 2 aromatic rings. The van der Waals surface area contributed by atoms with Crippen LogP contribution in [0.1, 0.15) is 81.9 Å². The molecule has 2 heterocycles. The Bertz CT molecular complexity index is 897. The second-order valence-corrected chi connectivity index (χ2v) is 11.2. The minimum atomic E-state index is 0.256. The van der Waals surface area contributed by atoms with E-state index < -0.39 is 0 Å². The number of hydrogen-bond acceptors (Lipinski definition) is 3. The normalized spacial score (nSPS) is 19.9. The van der Waals surface area contributed by atoms with Crippen LogP contribution in [-0.2, 0) is 10.8 Å². The van der Waals surface area contributed by atoms with Crippen molar-refractivity contribution in [1.82, 2.24) is 4.98 Å². The van der Waals surface area contributed by atoms with E-state index in [1.54, 1.807) is 10.4 Å². The van der Waals surface area contributed by atoms with E-state index in [1.165, 1.54) is 36.2 Å². The van der Waals surface area contributed by atoms with Gasteiger partial charge in [-0.3, -0.25) is 0 Å². The highest BCUT2D eigenvalue weighted by molar-refractivity contribution is 7.16. The first-order valence-corrected chi connectivity index (χ1v) is 11.5. The number of nitrogens with zero attached hydrogens (tertiary/aromatic N) is 2. The van der Waals surface area contributed by atoms with Crippen LogP contribution in [0, 0.1) is 12.8 Å². The highest BCUT2D eigenvalue weighted by atomic mass is 32.1. The summed E-state index contributed by atoms with van der Waals surface area (Å²) in [6.07, 6.45) is 7.20. The zero-order valence-electron chi connectivity index (χ0n) is 18.4. The predicted molar refractivity (Wildman–Crippen MR) is 123 cm³/mol. The molecule has 0 saturated heterocycles. The molecule has 0 spiro atoms. The van der Waals surface area contributed by atoms with E-state index in [0.717, 1.165) is 29.4 Å².